The predicted molar refractivity (Wildman–Crippen MR) is 76.0 cm³/mol. The molecule has 0 spiro atoms. The number of carbonyl (C=O) groups excluding carboxylic acids is 1. The van der Waals surface area contributed by atoms with E-state index in [1.54, 1.807) is 11.3 Å². The SMILES string of the molecule is CC(=O)Nc1ccsc1CNCCCOC(C)C. The zero-order valence-electron chi connectivity index (χ0n) is 11.3. The Morgan fingerprint density at radius 3 is 2.94 bits per heavy atom. The standard InChI is InChI=1S/C13H22N2O2S/c1-10(2)17-7-4-6-14-9-13-12(5-8-18-13)15-11(3)16/h5,8,10,14H,4,6-7,9H2,1-3H3,(H,15,16). The van der Waals surface area contributed by atoms with Crippen LogP contribution in [0, 0.1) is 0 Å². The number of hydrogen-bond donors (Lipinski definition) is 2. The van der Waals surface area contributed by atoms with Gasteiger partial charge in [-0.3, -0.25) is 4.79 Å². The second kappa shape index (κ2) is 8.24. The van der Waals surface area contributed by atoms with Gasteiger partial charge >= 0.3 is 0 Å². The van der Waals surface area contributed by atoms with Crippen LogP contribution < -0.4 is 10.6 Å². The molecule has 0 radical (unpaired) electrons. The van der Waals surface area contributed by atoms with Gasteiger partial charge in [-0.2, -0.15) is 0 Å². The van der Waals surface area contributed by atoms with Crippen molar-refractivity contribution in [2.75, 3.05) is 18.5 Å². The summed E-state index contributed by atoms with van der Waals surface area (Å²) in [6.45, 7) is 8.10. The van der Waals surface area contributed by atoms with Crippen LogP contribution in [-0.2, 0) is 16.1 Å². The lowest BCUT2D eigenvalue weighted by Crippen LogP contribution is -2.18. The summed E-state index contributed by atoms with van der Waals surface area (Å²) in [6.07, 6.45) is 1.30. The number of carbonyl (C=O) groups is 1. The summed E-state index contributed by atoms with van der Waals surface area (Å²) in [5.74, 6) is -0.0278. The Kier molecular flexibility index (Phi) is 6.93. The number of amides is 1. The molecule has 0 aromatic carbocycles. The van der Waals surface area contributed by atoms with Crippen LogP contribution in [0.1, 0.15) is 32.1 Å². The number of thiophene rings is 1. The first-order valence-electron chi connectivity index (χ1n) is 6.26. The molecule has 0 unspecified atom stereocenters. The third kappa shape index (κ3) is 6.14. The molecule has 1 rings (SSSR count). The highest BCUT2D eigenvalue weighted by atomic mass is 32.1. The summed E-state index contributed by atoms with van der Waals surface area (Å²) in [6, 6.07) is 1.94. The summed E-state index contributed by atoms with van der Waals surface area (Å²) in [7, 11) is 0. The van der Waals surface area contributed by atoms with Gasteiger partial charge in [0.2, 0.25) is 5.91 Å². The Morgan fingerprint density at radius 2 is 2.28 bits per heavy atom. The maximum absolute atomic E-state index is 11.0. The molecule has 0 bridgehead atoms. The van der Waals surface area contributed by atoms with Gasteiger partial charge in [0, 0.05) is 25.0 Å². The van der Waals surface area contributed by atoms with Crippen LogP contribution in [0.15, 0.2) is 11.4 Å². The van der Waals surface area contributed by atoms with E-state index < -0.39 is 0 Å². The van der Waals surface area contributed by atoms with Crippen molar-refractivity contribution in [1.29, 1.82) is 0 Å². The van der Waals surface area contributed by atoms with Crippen molar-refractivity contribution in [3.8, 4) is 0 Å². The minimum Gasteiger partial charge on any atom is -0.379 e. The van der Waals surface area contributed by atoms with E-state index in [4.69, 9.17) is 4.74 Å². The summed E-state index contributed by atoms with van der Waals surface area (Å²) in [4.78, 5) is 12.2. The van der Waals surface area contributed by atoms with Crippen molar-refractivity contribution < 1.29 is 9.53 Å². The highest BCUT2D eigenvalue weighted by Crippen LogP contribution is 2.21. The minimum absolute atomic E-state index is 0.0278. The van der Waals surface area contributed by atoms with Crippen LogP contribution in [0.3, 0.4) is 0 Å². The van der Waals surface area contributed by atoms with Crippen molar-refractivity contribution >= 4 is 22.9 Å². The van der Waals surface area contributed by atoms with E-state index in [-0.39, 0.29) is 5.91 Å². The quantitative estimate of drug-likeness (QED) is 0.714. The molecular formula is C13H22N2O2S. The third-order valence-electron chi connectivity index (χ3n) is 2.29. The summed E-state index contributed by atoms with van der Waals surface area (Å²) in [5.41, 5.74) is 0.915. The van der Waals surface area contributed by atoms with E-state index in [9.17, 15) is 4.79 Å². The summed E-state index contributed by atoms with van der Waals surface area (Å²) < 4.78 is 5.46. The lowest BCUT2D eigenvalue weighted by molar-refractivity contribution is -0.114. The Labute approximate surface area is 113 Å². The van der Waals surface area contributed by atoms with E-state index in [0.717, 1.165) is 36.7 Å². The Bertz CT molecular complexity index is 364. The normalized spacial score (nSPS) is 10.9. The highest BCUT2D eigenvalue weighted by Gasteiger charge is 2.04. The molecular weight excluding hydrogens is 248 g/mol. The smallest absolute Gasteiger partial charge is 0.221 e. The number of hydrogen-bond acceptors (Lipinski definition) is 4. The maximum atomic E-state index is 11.0. The van der Waals surface area contributed by atoms with Gasteiger partial charge in [-0.15, -0.1) is 11.3 Å². The van der Waals surface area contributed by atoms with E-state index in [0.29, 0.717) is 6.10 Å². The maximum Gasteiger partial charge on any atom is 0.221 e. The predicted octanol–water partition coefficient (Wildman–Crippen LogP) is 2.61. The molecule has 0 saturated carbocycles. The van der Waals surface area contributed by atoms with Gasteiger partial charge < -0.3 is 15.4 Å². The van der Waals surface area contributed by atoms with Crippen LogP contribution in [0.4, 0.5) is 5.69 Å². The molecule has 1 aromatic heterocycles. The number of anilines is 1. The monoisotopic (exact) mass is 270 g/mol. The third-order valence-corrected chi connectivity index (χ3v) is 3.21. The van der Waals surface area contributed by atoms with Crippen molar-refractivity contribution in [2.24, 2.45) is 0 Å². The fraction of sp³-hybridized carbons (Fsp3) is 0.615. The van der Waals surface area contributed by atoms with Crippen molar-refractivity contribution in [1.82, 2.24) is 5.32 Å². The lowest BCUT2D eigenvalue weighted by Gasteiger charge is -2.08. The van der Waals surface area contributed by atoms with E-state index in [1.165, 1.54) is 6.92 Å². The molecule has 0 aliphatic rings. The first-order chi connectivity index (χ1) is 8.59. The largest absolute Gasteiger partial charge is 0.379 e. The molecule has 2 N–H and O–H groups in total. The van der Waals surface area contributed by atoms with Crippen LogP contribution in [0.25, 0.3) is 0 Å². The lowest BCUT2D eigenvalue weighted by atomic mass is 10.3. The molecule has 1 aromatic rings. The van der Waals surface area contributed by atoms with Crippen molar-refractivity contribution in [2.45, 2.75) is 39.8 Å². The van der Waals surface area contributed by atoms with Crippen LogP contribution in [0.5, 0.6) is 0 Å². The molecule has 1 amide bonds. The highest BCUT2D eigenvalue weighted by molar-refractivity contribution is 7.10. The van der Waals surface area contributed by atoms with E-state index in [2.05, 4.69) is 10.6 Å². The molecule has 4 nitrogen and oxygen atoms in total. The topological polar surface area (TPSA) is 50.4 Å². The molecule has 0 saturated heterocycles. The fourth-order valence-corrected chi connectivity index (χ4v) is 2.30. The summed E-state index contributed by atoms with van der Waals surface area (Å²) in [5, 5.41) is 8.17. The van der Waals surface area contributed by atoms with Gasteiger partial charge in [-0.05, 0) is 38.3 Å². The molecule has 5 heteroatoms. The van der Waals surface area contributed by atoms with E-state index >= 15 is 0 Å². The zero-order valence-corrected chi connectivity index (χ0v) is 12.1. The zero-order chi connectivity index (χ0) is 13.4. The Balaban J connectivity index is 2.19. The van der Waals surface area contributed by atoms with Crippen LogP contribution >= 0.6 is 11.3 Å². The van der Waals surface area contributed by atoms with Crippen molar-refractivity contribution in [3.05, 3.63) is 16.3 Å². The molecule has 0 atom stereocenters. The van der Waals surface area contributed by atoms with Gasteiger partial charge in [0.05, 0.1) is 11.8 Å². The van der Waals surface area contributed by atoms with Crippen molar-refractivity contribution in [3.63, 3.8) is 0 Å². The Morgan fingerprint density at radius 1 is 1.50 bits per heavy atom. The van der Waals surface area contributed by atoms with Crippen LogP contribution in [-0.4, -0.2) is 25.2 Å². The Hall–Kier alpha value is -0.910. The molecule has 0 aliphatic carbocycles. The number of rotatable bonds is 8. The van der Waals surface area contributed by atoms with E-state index in [1.807, 2.05) is 25.3 Å². The molecule has 1 heterocycles. The minimum atomic E-state index is -0.0278. The second-order valence-electron chi connectivity index (χ2n) is 4.39. The first kappa shape index (κ1) is 15.1. The van der Waals surface area contributed by atoms with Gasteiger partial charge in [-0.1, -0.05) is 0 Å². The molecule has 18 heavy (non-hydrogen) atoms. The number of nitrogens with one attached hydrogen (secondary N) is 2. The van der Waals surface area contributed by atoms with Gasteiger partial charge in [0.15, 0.2) is 0 Å². The molecule has 0 aliphatic heterocycles. The average Bonchev–Trinajstić information content (AvgIpc) is 2.69. The van der Waals surface area contributed by atoms with Gasteiger partial charge in [0.1, 0.15) is 0 Å². The summed E-state index contributed by atoms with van der Waals surface area (Å²) >= 11 is 1.65. The molecule has 0 fully saturated rings. The second-order valence-corrected chi connectivity index (χ2v) is 5.39. The first-order valence-corrected chi connectivity index (χ1v) is 7.14. The fourth-order valence-electron chi connectivity index (χ4n) is 1.50. The molecule has 102 valence electrons. The number of ether oxygens (including phenoxy) is 1. The van der Waals surface area contributed by atoms with Crippen LogP contribution in [0.2, 0.25) is 0 Å². The average molecular weight is 270 g/mol. The van der Waals surface area contributed by atoms with Gasteiger partial charge in [-0.25, -0.2) is 0 Å². The van der Waals surface area contributed by atoms with Gasteiger partial charge in [0.25, 0.3) is 0 Å².